The molecular weight excluding hydrogens is 170 g/mol. The van der Waals surface area contributed by atoms with Crippen molar-refractivity contribution in [2.24, 2.45) is 0 Å². The van der Waals surface area contributed by atoms with Gasteiger partial charge in [-0.3, -0.25) is 0 Å². The van der Waals surface area contributed by atoms with Gasteiger partial charge >= 0.3 is 0 Å². The summed E-state index contributed by atoms with van der Waals surface area (Å²) < 4.78 is 0. The molecule has 0 saturated carbocycles. The molecule has 1 rings (SSSR count). The van der Waals surface area contributed by atoms with Gasteiger partial charge in [-0.05, 0) is 26.0 Å². The van der Waals surface area contributed by atoms with Crippen molar-refractivity contribution in [2.45, 2.75) is 13.8 Å². The molecule has 0 saturated heterocycles. The summed E-state index contributed by atoms with van der Waals surface area (Å²) >= 11 is 5.94. The van der Waals surface area contributed by atoms with E-state index >= 15 is 0 Å². The molecule has 1 nitrogen and oxygen atoms in total. The molecule has 0 heterocycles. The Kier molecular flexibility index (Phi) is 3.18. The van der Waals surface area contributed by atoms with Gasteiger partial charge in [-0.25, -0.2) is 0 Å². The molecule has 0 unspecified atom stereocenters. The lowest BCUT2D eigenvalue weighted by molar-refractivity contribution is 1.35. The van der Waals surface area contributed by atoms with Crippen LogP contribution >= 0.6 is 11.6 Å². The van der Waals surface area contributed by atoms with Gasteiger partial charge in [0.1, 0.15) is 0 Å². The number of benzene rings is 1. The minimum absolute atomic E-state index is 0.749. The number of allylic oxidation sites excluding steroid dienone is 2. The molecule has 1 aromatic carbocycles. The lowest BCUT2D eigenvalue weighted by Crippen LogP contribution is -1.94. The van der Waals surface area contributed by atoms with Gasteiger partial charge in [-0.1, -0.05) is 29.8 Å². The van der Waals surface area contributed by atoms with Gasteiger partial charge in [0.15, 0.2) is 0 Å². The zero-order valence-corrected chi connectivity index (χ0v) is 8.02. The second-order valence-electron chi connectivity index (χ2n) is 2.58. The van der Waals surface area contributed by atoms with Crippen molar-refractivity contribution in [1.82, 2.24) is 0 Å². The average Bonchev–Trinajstić information content (AvgIpc) is 2.09. The zero-order chi connectivity index (χ0) is 8.97. The van der Waals surface area contributed by atoms with Crippen molar-refractivity contribution >= 4 is 17.3 Å². The van der Waals surface area contributed by atoms with E-state index in [-0.39, 0.29) is 0 Å². The van der Waals surface area contributed by atoms with Gasteiger partial charge in [0.05, 0.1) is 10.7 Å². The third-order valence-corrected chi connectivity index (χ3v) is 1.97. The summed E-state index contributed by atoms with van der Waals surface area (Å²) in [6.45, 7) is 3.99. The number of nitrogens with one attached hydrogen (secondary N) is 1. The fourth-order valence-electron chi connectivity index (χ4n) is 0.847. The highest BCUT2D eigenvalue weighted by Crippen LogP contribution is 2.21. The Bertz CT molecular complexity index is 292. The van der Waals surface area contributed by atoms with Gasteiger partial charge in [0, 0.05) is 5.70 Å². The van der Waals surface area contributed by atoms with E-state index in [0.717, 1.165) is 16.4 Å². The predicted octanol–water partition coefficient (Wildman–Crippen LogP) is 3.68. The number of halogens is 1. The maximum atomic E-state index is 5.94. The zero-order valence-electron chi connectivity index (χ0n) is 7.26. The van der Waals surface area contributed by atoms with Crippen LogP contribution in [0.15, 0.2) is 36.0 Å². The van der Waals surface area contributed by atoms with Gasteiger partial charge in [-0.2, -0.15) is 0 Å². The van der Waals surface area contributed by atoms with E-state index in [1.54, 1.807) is 0 Å². The molecule has 0 atom stereocenters. The topological polar surface area (TPSA) is 12.0 Å². The van der Waals surface area contributed by atoms with Crippen molar-refractivity contribution in [3.63, 3.8) is 0 Å². The summed E-state index contributed by atoms with van der Waals surface area (Å²) in [5.74, 6) is 0. The number of rotatable bonds is 2. The van der Waals surface area contributed by atoms with Crippen LogP contribution in [0.25, 0.3) is 0 Å². The summed E-state index contributed by atoms with van der Waals surface area (Å²) in [4.78, 5) is 0. The quantitative estimate of drug-likeness (QED) is 0.734. The Hall–Kier alpha value is -0.950. The van der Waals surface area contributed by atoms with Crippen LogP contribution in [0.5, 0.6) is 0 Å². The summed E-state index contributed by atoms with van der Waals surface area (Å²) in [6, 6.07) is 7.69. The molecule has 1 N–H and O–H groups in total. The Morgan fingerprint density at radius 1 is 1.42 bits per heavy atom. The monoisotopic (exact) mass is 181 g/mol. The first-order chi connectivity index (χ1) is 5.74. The highest BCUT2D eigenvalue weighted by molar-refractivity contribution is 6.33. The first-order valence-corrected chi connectivity index (χ1v) is 4.26. The SMILES string of the molecule is C/C=C(\C)Nc1ccccc1Cl. The van der Waals surface area contributed by atoms with Crippen LogP contribution in [0.3, 0.4) is 0 Å². The Balaban J connectivity index is 2.82. The highest BCUT2D eigenvalue weighted by Gasteiger charge is 1.96. The number of hydrogen-bond donors (Lipinski definition) is 1. The Labute approximate surface area is 78.1 Å². The minimum atomic E-state index is 0.749. The summed E-state index contributed by atoms with van der Waals surface area (Å²) in [7, 11) is 0. The van der Waals surface area contributed by atoms with Crippen molar-refractivity contribution in [3.8, 4) is 0 Å². The normalized spacial score (nSPS) is 11.4. The van der Waals surface area contributed by atoms with Crippen LogP contribution in [0.2, 0.25) is 5.02 Å². The van der Waals surface area contributed by atoms with Crippen LogP contribution in [-0.2, 0) is 0 Å². The third kappa shape index (κ3) is 2.28. The molecule has 1 aromatic rings. The summed E-state index contributed by atoms with van der Waals surface area (Å²) in [6.07, 6.45) is 2.00. The minimum Gasteiger partial charge on any atom is -0.358 e. The Morgan fingerprint density at radius 3 is 2.67 bits per heavy atom. The standard InChI is InChI=1S/C10H12ClN/c1-3-8(2)12-10-7-5-4-6-9(10)11/h3-7,12H,1-2H3/b8-3+. The lowest BCUT2D eigenvalue weighted by atomic mass is 10.3. The maximum Gasteiger partial charge on any atom is 0.0640 e. The van der Waals surface area contributed by atoms with Crippen molar-refractivity contribution in [3.05, 3.63) is 41.1 Å². The van der Waals surface area contributed by atoms with Gasteiger partial charge in [-0.15, -0.1) is 0 Å². The van der Waals surface area contributed by atoms with Crippen molar-refractivity contribution < 1.29 is 0 Å². The van der Waals surface area contributed by atoms with E-state index in [1.807, 2.05) is 44.2 Å². The molecule has 0 aliphatic carbocycles. The van der Waals surface area contributed by atoms with Crippen molar-refractivity contribution in [1.29, 1.82) is 0 Å². The van der Waals surface area contributed by atoms with Crippen LogP contribution in [0.4, 0.5) is 5.69 Å². The molecule has 12 heavy (non-hydrogen) atoms. The van der Waals surface area contributed by atoms with E-state index in [2.05, 4.69) is 5.32 Å². The maximum absolute atomic E-state index is 5.94. The highest BCUT2D eigenvalue weighted by atomic mass is 35.5. The van der Waals surface area contributed by atoms with E-state index < -0.39 is 0 Å². The van der Waals surface area contributed by atoms with E-state index in [0.29, 0.717) is 0 Å². The van der Waals surface area contributed by atoms with Crippen LogP contribution in [-0.4, -0.2) is 0 Å². The average molecular weight is 182 g/mol. The second-order valence-corrected chi connectivity index (χ2v) is 2.98. The largest absolute Gasteiger partial charge is 0.358 e. The fourth-order valence-corrected chi connectivity index (χ4v) is 1.03. The van der Waals surface area contributed by atoms with E-state index in [4.69, 9.17) is 11.6 Å². The molecule has 0 fully saturated rings. The molecule has 0 spiro atoms. The number of para-hydroxylation sites is 1. The second kappa shape index (κ2) is 4.17. The van der Waals surface area contributed by atoms with Gasteiger partial charge in [0.2, 0.25) is 0 Å². The number of anilines is 1. The summed E-state index contributed by atoms with van der Waals surface area (Å²) in [5, 5.41) is 3.94. The molecule has 0 aliphatic heterocycles. The molecule has 0 amide bonds. The van der Waals surface area contributed by atoms with Crippen LogP contribution in [0.1, 0.15) is 13.8 Å². The third-order valence-electron chi connectivity index (χ3n) is 1.64. The number of hydrogen-bond acceptors (Lipinski definition) is 1. The fraction of sp³-hybridized carbons (Fsp3) is 0.200. The molecule has 64 valence electrons. The smallest absolute Gasteiger partial charge is 0.0640 e. The molecule has 0 bridgehead atoms. The van der Waals surface area contributed by atoms with E-state index in [1.165, 1.54) is 0 Å². The van der Waals surface area contributed by atoms with Crippen LogP contribution in [0, 0.1) is 0 Å². The van der Waals surface area contributed by atoms with E-state index in [9.17, 15) is 0 Å². The van der Waals surface area contributed by atoms with Crippen molar-refractivity contribution in [2.75, 3.05) is 5.32 Å². The predicted molar refractivity (Wildman–Crippen MR) is 54.5 cm³/mol. The van der Waals surface area contributed by atoms with Gasteiger partial charge < -0.3 is 5.32 Å². The first kappa shape index (κ1) is 9.14. The van der Waals surface area contributed by atoms with Crippen LogP contribution < -0.4 is 5.32 Å². The molecule has 2 heteroatoms. The summed E-state index contributed by atoms with van der Waals surface area (Å²) in [5.41, 5.74) is 2.05. The lowest BCUT2D eigenvalue weighted by Gasteiger charge is -2.06. The first-order valence-electron chi connectivity index (χ1n) is 3.88. The molecule has 0 aliphatic rings. The molecule has 0 aromatic heterocycles. The van der Waals surface area contributed by atoms with Gasteiger partial charge in [0.25, 0.3) is 0 Å². The molecule has 0 radical (unpaired) electrons. The Morgan fingerprint density at radius 2 is 2.08 bits per heavy atom. The molecular formula is C10H12ClN.